The monoisotopic (exact) mass is 317 g/mol. The Labute approximate surface area is 146 Å². The molecule has 0 atom stereocenters. The van der Waals surface area contributed by atoms with Crippen LogP contribution in [-0.4, -0.2) is 4.98 Å². The van der Waals surface area contributed by atoms with Crippen LogP contribution in [-0.2, 0) is 0 Å². The van der Waals surface area contributed by atoms with E-state index in [-0.39, 0.29) is 0 Å². The highest BCUT2D eigenvalue weighted by atomic mass is 14.6. The summed E-state index contributed by atoms with van der Waals surface area (Å²) in [5.74, 6) is 0. The summed E-state index contributed by atoms with van der Waals surface area (Å²) in [5, 5.41) is 1.13. The van der Waals surface area contributed by atoms with E-state index >= 15 is 0 Å². The maximum Gasteiger partial charge on any atom is 0.0708 e. The summed E-state index contributed by atoms with van der Waals surface area (Å²) < 4.78 is 0. The van der Waals surface area contributed by atoms with Crippen LogP contribution in [0.3, 0.4) is 0 Å². The molecule has 0 bridgehead atoms. The number of hydrogen-bond donors (Lipinski definition) is 0. The summed E-state index contributed by atoms with van der Waals surface area (Å²) >= 11 is 0. The summed E-state index contributed by atoms with van der Waals surface area (Å²) in [4.78, 5) is 4.42. The fourth-order valence-corrected chi connectivity index (χ4v) is 2.23. The molecule has 0 aliphatic rings. The zero-order chi connectivity index (χ0) is 17.9. The Hall–Kier alpha value is -2.67. The van der Waals surface area contributed by atoms with E-state index in [4.69, 9.17) is 0 Å². The number of fused-ring (bicyclic) bond motifs is 1. The number of allylic oxidation sites excluding steroid dienone is 7. The van der Waals surface area contributed by atoms with Crippen molar-refractivity contribution in [3.63, 3.8) is 0 Å². The van der Waals surface area contributed by atoms with Crippen molar-refractivity contribution in [3.8, 4) is 0 Å². The summed E-state index contributed by atoms with van der Waals surface area (Å²) in [6, 6.07) is 8.29. The molecule has 0 aliphatic heterocycles. The third-order valence-electron chi connectivity index (χ3n) is 3.41. The lowest BCUT2D eigenvalue weighted by atomic mass is 10.0. The van der Waals surface area contributed by atoms with E-state index in [1.165, 1.54) is 0 Å². The molecule has 0 fully saturated rings. The van der Waals surface area contributed by atoms with Crippen molar-refractivity contribution >= 4 is 22.6 Å². The molecule has 1 aromatic heterocycles. The SMILES string of the molecule is C=CC(/C=C/c1ccc2nccc(C(=C)C)c2c1)=C\C=C/C.CC. The molecule has 2 aromatic rings. The molecule has 0 N–H and O–H groups in total. The predicted molar refractivity (Wildman–Crippen MR) is 110 cm³/mol. The van der Waals surface area contributed by atoms with Crippen molar-refractivity contribution in [3.05, 3.63) is 90.7 Å². The van der Waals surface area contributed by atoms with Gasteiger partial charge in [0.1, 0.15) is 0 Å². The Kier molecular flexibility index (Phi) is 8.21. The highest BCUT2D eigenvalue weighted by molar-refractivity contribution is 5.92. The van der Waals surface area contributed by atoms with Crippen LogP contribution in [0.15, 0.2) is 79.6 Å². The summed E-state index contributed by atoms with van der Waals surface area (Å²) in [6.45, 7) is 15.9. The van der Waals surface area contributed by atoms with Gasteiger partial charge in [0.2, 0.25) is 0 Å². The van der Waals surface area contributed by atoms with Gasteiger partial charge in [-0.2, -0.15) is 0 Å². The lowest BCUT2D eigenvalue weighted by Crippen LogP contribution is -1.86. The van der Waals surface area contributed by atoms with Gasteiger partial charge in [0.15, 0.2) is 0 Å². The molecule has 1 heterocycles. The topological polar surface area (TPSA) is 12.9 Å². The molecule has 0 spiro atoms. The van der Waals surface area contributed by atoms with E-state index in [9.17, 15) is 0 Å². The minimum Gasteiger partial charge on any atom is -0.256 e. The number of rotatable bonds is 5. The van der Waals surface area contributed by atoms with Crippen LogP contribution < -0.4 is 0 Å². The molecular formula is C23H27N. The maximum atomic E-state index is 4.42. The number of aromatic nitrogens is 1. The van der Waals surface area contributed by atoms with E-state index in [1.807, 2.05) is 70.3 Å². The van der Waals surface area contributed by atoms with E-state index in [0.717, 1.165) is 33.2 Å². The largest absolute Gasteiger partial charge is 0.256 e. The molecule has 0 unspecified atom stereocenters. The third-order valence-corrected chi connectivity index (χ3v) is 3.41. The molecule has 0 radical (unpaired) electrons. The van der Waals surface area contributed by atoms with Gasteiger partial charge in [-0.1, -0.05) is 75.1 Å². The first-order valence-corrected chi connectivity index (χ1v) is 8.34. The molecule has 124 valence electrons. The third kappa shape index (κ3) is 5.20. The van der Waals surface area contributed by atoms with Gasteiger partial charge in [-0.25, -0.2) is 0 Å². The zero-order valence-corrected chi connectivity index (χ0v) is 15.2. The Balaban J connectivity index is 0.00000139. The summed E-state index contributed by atoms with van der Waals surface area (Å²) in [7, 11) is 0. The normalized spacial score (nSPS) is 11.6. The van der Waals surface area contributed by atoms with Gasteiger partial charge in [-0.05, 0) is 48.7 Å². The average Bonchev–Trinajstić information content (AvgIpc) is 2.62. The number of hydrogen-bond acceptors (Lipinski definition) is 1. The molecule has 0 aliphatic carbocycles. The first-order valence-electron chi connectivity index (χ1n) is 8.34. The lowest BCUT2D eigenvalue weighted by Gasteiger charge is -2.06. The summed E-state index contributed by atoms with van der Waals surface area (Å²) in [6.07, 6.45) is 13.9. The Morgan fingerprint density at radius 2 is 1.92 bits per heavy atom. The van der Waals surface area contributed by atoms with Crippen molar-refractivity contribution in [2.75, 3.05) is 0 Å². The van der Waals surface area contributed by atoms with Gasteiger partial charge in [0.05, 0.1) is 5.52 Å². The minimum absolute atomic E-state index is 0.992. The van der Waals surface area contributed by atoms with Gasteiger partial charge in [-0.15, -0.1) is 0 Å². The van der Waals surface area contributed by atoms with Crippen molar-refractivity contribution in [2.45, 2.75) is 27.7 Å². The van der Waals surface area contributed by atoms with Crippen molar-refractivity contribution in [1.29, 1.82) is 0 Å². The van der Waals surface area contributed by atoms with Crippen LogP contribution >= 0.6 is 0 Å². The smallest absolute Gasteiger partial charge is 0.0708 e. The number of benzene rings is 1. The maximum absolute atomic E-state index is 4.42. The first-order chi connectivity index (χ1) is 11.7. The van der Waals surface area contributed by atoms with Crippen LogP contribution in [0.25, 0.3) is 22.6 Å². The second kappa shape index (κ2) is 10.2. The van der Waals surface area contributed by atoms with Crippen LogP contribution in [0.4, 0.5) is 0 Å². The van der Waals surface area contributed by atoms with Crippen LogP contribution in [0.5, 0.6) is 0 Å². The minimum atomic E-state index is 0.992. The molecule has 2 rings (SSSR count). The fraction of sp³-hybridized carbons (Fsp3) is 0.174. The van der Waals surface area contributed by atoms with Crippen molar-refractivity contribution in [2.24, 2.45) is 0 Å². The van der Waals surface area contributed by atoms with Gasteiger partial charge < -0.3 is 0 Å². The molecule has 1 aromatic carbocycles. The zero-order valence-electron chi connectivity index (χ0n) is 15.2. The molecule has 1 nitrogen and oxygen atoms in total. The van der Waals surface area contributed by atoms with Gasteiger partial charge in [0.25, 0.3) is 0 Å². The van der Waals surface area contributed by atoms with E-state index in [2.05, 4.69) is 42.4 Å². The molecule has 24 heavy (non-hydrogen) atoms. The van der Waals surface area contributed by atoms with Gasteiger partial charge >= 0.3 is 0 Å². The van der Waals surface area contributed by atoms with Crippen molar-refractivity contribution in [1.82, 2.24) is 4.98 Å². The van der Waals surface area contributed by atoms with Gasteiger partial charge in [0, 0.05) is 11.6 Å². The second-order valence-corrected chi connectivity index (χ2v) is 5.15. The Morgan fingerprint density at radius 3 is 2.54 bits per heavy atom. The second-order valence-electron chi connectivity index (χ2n) is 5.15. The van der Waals surface area contributed by atoms with E-state index < -0.39 is 0 Å². The first kappa shape index (κ1) is 19.4. The fourth-order valence-electron chi connectivity index (χ4n) is 2.23. The van der Waals surface area contributed by atoms with Crippen LogP contribution in [0, 0.1) is 0 Å². The quantitative estimate of drug-likeness (QED) is 0.541. The van der Waals surface area contributed by atoms with Crippen LogP contribution in [0.1, 0.15) is 38.8 Å². The number of nitrogens with zero attached hydrogens (tertiary/aromatic N) is 1. The van der Waals surface area contributed by atoms with Gasteiger partial charge in [-0.3, -0.25) is 4.98 Å². The molecule has 0 saturated carbocycles. The number of pyridine rings is 1. The van der Waals surface area contributed by atoms with Crippen LogP contribution in [0.2, 0.25) is 0 Å². The van der Waals surface area contributed by atoms with E-state index in [0.29, 0.717) is 0 Å². The highest BCUT2D eigenvalue weighted by Crippen LogP contribution is 2.24. The predicted octanol–water partition coefficient (Wildman–Crippen LogP) is 7.00. The summed E-state index contributed by atoms with van der Waals surface area (Å²) in [5.41, 5.74) is 5.40. The molecule has 0 saturated heterocycles. The van der Waals surface area contributed by atoms with E-state index in [1.54, 1.807) is 0 Å². The van der Waals surface area contributed by atoms with Crippen molar-refractivity contribution < 1.29 is 0 Å². The Bertz CT molecular complexity index is 789. The highest BCUT2D eigenvalue weighted by Gasteiger charge is 2.02. The molecular weight excluding hydrogens is 290 g/mol. The molecule has 1 heteroatoms. The lowest BCUT2D eigenvalue weighted by molar-refractivity contribution is 1.39. The average molecular weight is 317 g/mol. The molecule has 0 amide bonds. The standard InChI is InChI=1S/C21H21N.C2H6/c1-5-7-8-17(6-2)9-10-18-11-12-21-20(15-18)19(16(3)4)13-14-22-21;1-2/h5-15H,2-3H2,1,4H3;1-2H3/b7-5-,10-9+,17-8+;. The Morgan fingerprint density at radius 1 is 1.17 bits per heavy atom.